The molecule has 0 fully saturated rings. The normalized spacial score (nSPS) is 12.0. The molecule has 0 N–H and O–H groups in total. The molecule has 1 atom stereocenters. The number of benzene rings is 1. The Balaban J connectivity index is 2.05. The molecule has 0 saturated heterocycles. The van der Waals surface area contributed by atoms with Gasteiger partial charge >= 0.3 is 0 Å². The average Bonchev–Trinajstić information content (AvgIpc) is 3.07. The highest BCUT2D eigenvalue weighted by Crippen LogP contribution is 2.29. The van der Waals surface area contributed by atoms with Gasteiger partial charge in [0.15, 0.2) is 0 Å². The number of hydrogen-bond donors (Lipinski definition) is 0. The van der Waals surface area contributed by atoms with E-state index in [1.165, 1.54) is 12.1 Å². The summed E-state index contributed by atoms with van der Waals surface area (Å²) in [6.45, 7) is 2.39. The Labute approximate surface area is 145 Å². The van der Waals surface area contributed by atoms with Crippen LogP contribution in [0.3, 0.4) is 0 Å². The van der Waals surface area contributed by atoms with Crippen molar-refractivity contribution in [2.75, 3.05) is 6.54 Å². The zero-order valence-corrected chi connectivity index (χ0v) is 14.1. The van der Waals surface area contributed by atoms with Crippen LogP contribution in [0.15, 0.2) is 61.1 Å². The van der Waals surface area contributed by atoms with Crippen LogP contribution in [-0.4, -0.2) is 32.1 Å². The minimum atomic E-state index is -0.367. The molecule has 0 bridgehead atoms. The Hall–Kier alpha value is -3.02. The van der Waals surface area contributed by atoms with Gasteiger partial charge in [0.25, 0.3) is 5.91 Å². The molecule has 0 spiro atoms. The first-order chi connectivity index (χ1) is 12.1. The van der Waals surface area contributed by atoms with Crippen molar-refractivity contribution in [2.24, 2.45) is 7.05 Å². The maximum absolute atomic E-state index is 13.4. The molecule has 0 aliphatic rings. The van der Waals surface area contributed by atoms with Gasteiger partial charge in [-0.25, -0.2) is 4.39 Å². The van der Waals surface area contributed by atoms with Crippen molar-refractivity contribution in [3.8, 4) is 0 Å². The summed E-state index contributed by atoms with van der Waals surface area (Å²) in [5.74, 6) is -0.492. The summed E-state index contributed by atoms with van der Waals surface area (Å²) in [4.78, 5) is 18.9. The van der Waals surface area contributed by atoms with Gasteiger partial charge < -0.3 is 4.90 Å². The van der Waals surface area contributed by atoms with Crippen LogP contribution >= 0.6 is 0 Å². The van der Waals surface area contributed by atoms with Gasteiger partial charge in [-0.3, -0.25) is 14.5 Å². The summed E-state index contributed by atoms with van der Waals surface area (Å²) in [6, 6.07) is 11.3. The molecule has 0 saturated carbocycles. The van der Waals surface area contributed by atoms with E-state index in [0.29, 0.717) is 12.2 Å². The summed E-state index contributed by atoms with van der Waals surface area (Å²) >= 11 is 0. The molecule has 6 heteroatoms. The quantitative estimate of drug-likeness (QED) is 0.718. The second kappa shape index (κ2) is 7.25. The monoisotopic (exact) mass is 338 g/mol. The fourth-order valence-corrected chi connectivity index (χ4v) is 2.85. The highest BCUT2D eigenvalue weighted by molar-refractivity contribution is 5.92. The van der Waals surface area contributed by atoms with E-state index in [0.717, 1.165) is 11.1 Å². The maximum Gasteiger partial charge on any atom is 0.275 e. The van der Waals surface area contributed by atoms with Crippen molar-refractivity contribution < 1.29 is 9.18 Å². The molecule has 2 heterocycles. The topological polar surface area (TPSA) is 51.0 Å². The minimum absolute atomic E-state index is 0.179. The van der Waals surface area contributed by atoms with E-state index in [9.17, 15) is 9.18 Å². The van der Waals surface area contributed by atoms with E-state index in [2.05, 4.69) is 10.1 Å². The van der Waals surface area contributed by atoms with Gasteiger partial charge in [0, 0.05) is 32.2 Å². The van der Waals surface area contributed by atoms with E-state index in [1.54, 1.807) is 53.4 Å². The first-order valence-corrected chi connectivity index (χ1v) is 8.06. The molecule has 1 aromatic carbocycles. The smallest absolute Gasteiger partial charge is 0.275 e. The number of aryl methyl sites for hydroxylation is 1. The van der Waals surface area contributed by atoms with Crippen LogP contribution in [0.4, 0.5) is 4.39 Å². The van der Waals surface area contributed by atoms with Crippen molar-refractivity contribution in [3.63, 3.8) is 0 Å². The van der Waals surface area contributed by atoms with Crippen LogP contribution in [0.1, 0.15) is 34.6 Å². The summed E-state index contributed by atoms with van der Waals surface area (Å²) in [5, 5.41) is 4.21. The third kappa shape index (κ3) is 3.57. The lowest BCUT2D eigenvalue weighted by atomic mass is 9.98. The third-order valence-electron chi connectivity index (χ3n) is 4.03. The zero-order valence-electron chi connectivity index (χ0n) is 14.1. The van der Waals surface area contributed by atoms with Crippen molar-refractivity contribution in [3.05, 3.63) is 83.7 Å². The number of pyridine rings is 1. The number of rotatable bonds is 5. The molecule has 25 heavy (non-hydrogen) atoms. The van der Waals surface area contributed by atoms with Gasteiger partial charge in [-0.2, -0.15) is 5.10 Å². The number of carbonyl (C=O) groups excluding carboxylic acids is 1. The van der Waals surface area contributed by atoms with Crippen LogP contribution in [0.2, 0.25) is 0 Å². The van der Waals surface area contributed by atoms with Gasteiger partial charge in [0.1, 0.15) is 11.5 Å². The summed E-state index contributed by atoms with van der Waals surface area (Å²) < 4.78 is 15.0. The van der Waals surface area contributed by atoms with E-state index in [4.69, 9.17) is 0 Å². The van der Waals surface area contributed by atoms with Gasteiger partial charge in [-0.15, -0.1) is 0 Å². The van der Waals surface area contributed by atoms with E-state index < -0.39 is 0 Å². The lowest BCUT2D eigenvalue weighted by molar-refractivity contribution is 0.0710. The lowest BCUT2D eigenvalue weighted by Crippen LogP contribution is -2.35. The van der Waals surface area contributed by atoms with Gasteiger partial charge in [-0.05, 0) is 42.3 Å². The van der Waals surface area contributed by atoms with Crippen LogP contribution in [0.5, 0.6) is 0 Å². The molecular formula is C19H19FN4O. The molecule has 1 amide bonds. The van der Waals surface area contributed by atoms with Gasteiger partial charge in [0.05, 0.1) is 6.04 Å². The first-order valence-electron chi connectivity index (χ1n) is 8.06. The SMILES string of the molecule is CCN(C(=O)c1ccn(C)n1)C(c1ccc(F)cc1)c1cccnc1. The molecule has 0 aliphatic carbocycles. The Morgan fingerprint density at radius 2 is 1.96 bits per heavy atom. The van der Waals surface area contributed by atoms with Crippen LogP contribution in [0.25, 0.3) is 0 Å². The number of amides is 1. The highest BCUT2D eigenvalue weighted by atomic mass is 19.1. The van der Waals surface area contributed by atoms with Crippen LogP contribution in [-0.2, 0) is 7.05 Å². The van der Waals surface area contributed by atoms with Crippen molar-refractivity contribution in [1.82, 2.24) is 19.7 Å². The summed E-state index contributed by atoms with van der Waals surface area (Å²) in [7, 11) is 1.77. The molecular weight excluding hydrogens is 319 g/mol. The third-order valence-corrected chi connectivity index (χ3v) is 4.03. The number of halogens is 1. The second-order valence-corrected chi connectivity index (χ2v) is 5.71. The van der Waals surface area contributed by atoms with Crippen LogP contribution in [0, 0.1) is 5.82 Å². The Morgan fingerprint density at radius 3 is 2.52 bits per heavy atom. The molecule has 5 nitrogen and oxygen atoms in total. The fraction of sp³-hybridized carbons (Fsp3) is 0.211. The van der Waals surface area contributed by atoms with Gasteiger partial charge in [-0.1, -0.05) is 18.2 Å². The van der Waals surface area contributed by atoms with E-state index >= 15 is 0 Å². The molecule has 0 radical (unpaired) electrons. The van der Waals surface area contributed by atoms with E-state index in [1.807, 2.05) is 19.1 Å². The molecule has 2 aromatic heterocycles. The highest BCUT2D eigenvalue weighted by Gasteiger charge is 2.27. The predicted molar refractivity (Wildman–Crippen MR) is 92.4 cm³/mol. The molecule has 128 valence electrons. The zero-order chi connectivity index (χ0) is 17.8. The predicted octanol–water partition coefficient (Wildman–Crippen LogP) is 3.21. The number of nitrogens with zero attached hydrogens (tertiary/aromatic N) is 4. The number of carbonyl (C=O) groups is 1. The fourth-order valence-electron chi connectivity index (χ4n) is 2.85. The maximum atomic E-state index is 13.4. The Bertz CT molecular complexity index is 845. The molecule has 3 aromatic rings. The molecule has 0 aliphatic heterocycles. The summed E-state index contributed by atoms with van der Waals surface area (Å²) in [5.41, 5.74) is 2.06. The van der Waals surface area contributed by atoms with E-state index in [-0.39, 0.29) is 17.8 Å². The van der Waals surface area contributed by atoms with Crippen molar-refractivity contribution >= 4 is 5.91 Å². The standard InChI is InChI=1S/C19H19FN4O/c1-3-24(19(25)17-10-12-23(2)22-17)18(15-5-4-11-21-13-15)14-6-8-16(20)9-7-14/h4-13,18H,3H2,1-2H3. The first kappa shape index (κ1) is 16.8. The lowest BCUT2D eigenvalue weighted by Gasteiger charge is -2.31. The van der Waals surface area contributed by atoms with Crippen molar-refractivity contribution in [2.45, 2.75) is 13.0 Å². The largest absolute Gasteiger partial charge is 0.326 e. The Kier molecular flexibility index (Phi) is 4.88. The van der Waals surface area contributed by atoms with Crippen molar-refractivity contribution in [1.29, 1.82) is 0 Å². The summed E-state index contributed by atoms with van der Waals surface area (Å²) in [6.07, 6.45) is 5.14. The number of hydrogen-bond acceptors (Lipinski definition) is 3. The Morgan fingerprint density at radius 1 is 1.20 bits per heavy atom. The van der Waals surface area contributed by atoms with Gasteiger partial charge in [0.2, 0.25) is 0 Å². The van der Waals surface area contributed by atoms with Crippen LogP contribution < -0.4 is 0 Å². The average molecular weight is 338 g/mol. The molecule has 1 unspecified atom stereocenters. The second-order valence-electron chi connectivity index (χ2n) is 5.71. The minimum Gasteiger partial charge on any atom is -0.326 e. The molecule has 3 rings (SSSR count). The number of aromatic nitrogens is 3.